The van der Waals surface area contributed by atoms with E-state index in [2.05, 4.69) is 54.8 Å². The Hall–Kier alpha value is -2.40. The van der Waals surface area contributed by atoms with Gasteiger partial charge >= 0.3 is 0 Å². The Balaban J connectivity index is 1.68. The van der Waals surface area contributed by atoms with Gasteiger partial charge in [0.1, 0.15) is 0 Å². The fourth-order valence-electron chi connectivity index (χ4n) is 2.49. The summed E-state index contributed by atoms with van der Waals surface area (Å²) in [5.74, 6) is 0. The molecule has 0 bridgehead atoms. The van der Waals surface area contributed by atoms with Crippen molar-refractivity contribution in [3.05, 3.63) is 71.2 Å². The highest BCUT2D eigenvalue weighted by atomic mass is 32.1. The van der Waals surface area contributed by atoms with Gasteiger partial charge in [0, 0.05) is 23.8 Å². The summed E-state index contributed by atoms with van der Waals surface area (Å²) >= 11 is 1.78. The van der Waals surface area contributed by atoms with Gasteiger partial charge in [-0.05, 0) is 29.1 Å². The zero-order valence-corrected chi connectivity index (χ0v) is 12.2. The molecule has 0 amide bonds. The van der Waals surface area contributed by atoms with Gasteiger partial charge in [0.2, 0.25) is 0 Å². The lowest BCUT2D eigenvalue weighted by atomic mass is 10.2. The predicted molar refractivity (Wildman–Crippen MR) is 84.5 cm³/mol. The lowest BCUT2D eigenvalue weighted by Crippen LogP contribution is -1.99. The van der Waals surface area contributed by atoms with E-state index in [-0.39, 0.29) is 0 Å². The second-order valence-electron chi connectivity index (χ2n) is 5.01. The third-order valence-corrected chi connectivity index (χ3v) is 4.38. The molecule has 4 rings (SSSR count). The Morgan fingerprint density at radius 1 is 1.10 bits per heavy atom. The molecule has 0 unspecified atom stereocenters. The van der Waals surface area contributed by atoms with Crippen molar-refractivity contribution in [2.24, 2.45) is 0 Å². The zero-order chi connectivity index (χ0) is 14.1. The summed E-state index contributed by atoms with van der Waals surface area (Å²) < 4.78 is 4.28. The Bertz CT molecular complexity index is 844. The van der Waals surface area contributed by atoms with E-state index in [4.69, 9.17) is 0 Å². The van der Waals surface area contributed by atoms with Crippen molar-refractivity contribution in [1.82, 2.24) is 19.1 Å². The molecule has 0 aliphatic rings. The maximum Gasteiger partial charge on any atom is 0.0961 e. The Kier molecular flexibility index (Phi) is 3.05. The molecule has 0 saturated carbocycles. The molecule has 1 aromatic carbocycles. The van der Waals surface area contributed by atoms with Crippen molar-refractivity contribution >= 4 is 22.4 Å². The maximum atomic E-state index is 4.49. The Morgan fingerprint density at radius 2 is 2.10 bits per heavy atom. The molecule has 0 fully saturated rings. The minimum Gasteiger partial charge on any atom is -0.333 e. The molecule has 4 nitrogen and oxygen atoms in total. The highest BCUT2D eigenvalue weighted by Crippen LogP contribution is 2.19. The smallest absolute Gasteiger partial charge is 0.0961 e. The van der Waals surface area contributed by atoms with E-state index in [1.165, 1.54) is 16.0 Å². The van der Waals surface area contributed by atoms with Crippen molar-refractivity contribution < 1.29 is 0 Å². The first kappa shape index (κ1) is 12.3. The summed E-state index contributed by atoms with van der Waals surface area (Å²) in [7, 11) is 0. The number of benzene rings is 1. The molecule has 0 saturated heterocycles. The summed E-state index contributed by atoms with van der Waals surface area (Å²) in [6.07, 6.45) is 7.55. The topological polar surface area (TPSA) is 35.6 Å². The van der Waals surface area contributed by atoms with Crippen LogP contribution in [0.15, 0.2) is 60.8 Å². The number of hydrogen-bond donors (Lipinski definition) is 0. The van der Waals surface area contributed by atoms with Gasteiger partial charge in [-0.15, -0.1) is 11.3 Å². The van der Waals surface area contributed by atoms with E-state index in [1.54, 1.807) is 17.5 Å². The van der Waals surface area contributed by atoms with E-state index < -0.39 is 0 Å². The normalized spacial score (nSPS) is 11.2. The molecule has 0 radical (unpaired) electrons. The fraction of sp³-hybridized carbons (Fsp3) is 0.125. The number of nitrogens with zero attached hydrogens (tertiary/aromatic N) is 4. The molecule has 0 spiro atoms. The van der Waals surface area contributed by atoms with Crippen LogP contribution in [0.3, 0.4) is 0 Å². The minimum atomic E-state index is 0.833. The van der Waals surface area contributed by atoms with Crippen LogP contribution in [-0.4, -0.2) is 19.1 Å². The highest BCUT2D eigenvalue weighted by Gasteiger charge is 2.05. The van der Waals surface area contributed by atoms with Crippen LogP contribution in [0, 0.1) is 0 Å². The van der Waals surface area contributed by atoms with Crippen LogP contribution in [0.2, 0.25) is 0 Å². The van der Waals surface area contributed by atoms with Crippen LogP contribution in [0.4, 0.5) is 0 Å². The van der Waals surface area contributed by atoms with E-state index in [0.717, 1.165) is 18.6 Å². The van der Waals surface area contributed by atoms with Crippen LogP contribution in [0.5, 0.6) is 0 Å². The number of hydrogen-bond acceptors (Lipinski definition) is 3. The zero-order valence-electron chi connectivity index (χ0n) is 11.4. The Morgan fingerprint density at radius 3 is 2.90 bits per heavy atom. The molecule has 21 heavy (non-hydrogen) atoms. The number of aromatic nitrogens is 4. The fourth-order valence-corrected chi connectivity index (χ4v) is 3.19. The van der Waals surface area contributed by atoms with Crippen LogP contribution in [-0.2, 0) is 13.1 Å². The van der Waals surface area contributed by atoms with E-state index in [1.807, 2.05) is 18.9 Å². The van der Waals surface area contributed by atoms with Crippen LogP contribution < -0.4 is 0 Å². The predicted octanol–water partition coefficient (Wildman–Crippen LogP) is 3.39. The van der Waals surface area contributed by atoms with Crippen molar-refractivity contribution in [1.29, 1.82) is 0 Å². The van der Waals surface area contributed by atoms with Gasteiger partial charge < -0.3 is 9.13 Å². The summed E-state index contributed by atoms with van der Waals surface area (Å²) in [5, 5.41) is 2.11. The standard InChI is InChI=1S/C16H14N4S/c1-2-14(21-7-1)10-20-12-18-15-4-3-13(8-16(15)20)9-19-6-5-17-11-19/h1-8,11-12H,9-10H2. The molecule has 104 valence electrons. The lowest BCUT2D eigenvalue weighted by Gasteiger charge is -2.05. The average Bonchev–Trinajstić information content (AvgIpc) is 3.22. The molecule has 3 heterocycles. The molecule has 3 aromatic heterocycles. The average molecular weight is 294 g/mol. The molecule has 0 atom stereocenters. The molecule has 0 aliphatic heterocycles. The number of rotatable bonds is 4. The first-order valence-corrected chi connectivity index (χ1v) is 7.68. The highest BCUT2D eigenvalue weighted by molar-refractivity contribution is 7.09. The molecule has 5 heteroatoms. The van der Waals surface area contributed by atoms with Gasteiger partial charge in [-0.2, -0.15) is 0 Å². The summed E-state index contributed by atoms with van der Waals surface area (Å²) in [4.78, 5) is 9.91. The van der Waals surface area contributed by atoms with Gasteiger partial charge in [0.15, 0.2) is 0 Å². The Labute approximate surface area is 126 Å². The second-order valence-corrected chi connectivity index (χ2v) is 6.04. The second kappa shape index (κ2) is 5.18. The van der Waals surface area contributed by atoms with Crippen molar-refractivity contribution in [2.75, 3.05) is 0 Å². The SMILES string of the molecule is c1csc(Cn2cnc3ccc(Cn4ccnc4)cc32)c1. The largest absolute Gasteiger partial charge is 0.333 e. The third-order valence-electron chi connectivity index (χ3n) is 3.52. The van der Waals surface area contributed by atoms with Gasteiger partial charge in [-0.25, -0.2) is 9.97 Å². The molecular formula is C16H14N4S. The monoisotopic (exact) mass is 294 g/mol. The first-order valence-electron chi connectivity index (χ1n) is 6.80. The van der Waals surface area contributed by atoms with Crippen molar-refractivity contribution in [3.8, 4) is 0 Å². The van der Waals surface area contributed by atoms with Gasteiger partial charge in [0.25, 0.3) is 0 Å². The quantitative estimate of drug-likeness (QED) is 0.578. The minimum absolute atomic E-state index is 0.833. The molecule has 0 N–H and O–H groups in total. The third kappa shape index (κ3) is 2.48. The summed E-state index contributed by atoms with van der Waals surface area (Å²) in [6.45, 7) is 1.71. The molecular weight excluding hydrogens is 280 g/mol. The number of fused-ring (bicyclic) bond motifs is 1. The van der Waals surface area contributed by atoms with Crippen molar-refractivity contribution in [3.63, 3.8) is 0 Å². The van der Waals surface area contributed by atoms with E-state index in [9.17, 15) is 0 Å². The number of imidazole rings is 2. The maximum absolute atomic E-state index is 4.49. The van der Waals surface area contributed by atoms with Crippen molar-refractivity contribution in [2.45, 2.75) is 13.1 Å². The molecule has 4 aromatic rings. The lowest BCUT2D eigenvalue weighted by molar-refractivity contribution is 0.795. The van der Waals surface area contributed by atoms with Gasteiger partial charge in [-0.1, -0.05) is 12.1 Å². The first-order chi connectivity index (χ1) is 10.4. The summed E-state index contributed by atoms with van der Waals surface area (Å²) in [5.41, 5.74) is 3.48. The van der Waals surface area contributed by atoms with Crippen LogP contribution in [0.1, 0.15) is 10.4 Å². The van der Waals surface area contributed by atoms with Crippen LogP contribution >= 0.6 is 11.3 Å². The van der Waals surface area contributed by atoms with Gasteiger partial charge in [-0.3, -0.25) is 0 Å². The van der Waals surface area contributed by atoms with E-state index in [0.29, 0.717) is 0 Å². The van der Waals surface area contributed by atoms with E-state index >= 15 is 0 Å². The summed E-state index contributed by atoms with van der Waals surface area (Å²) in [6, 6.07) is 10.7. The van der Waals surface area contributed by atoms with Crippen LogP contribution in [0.25, 0.3) is 11.0 Å². The molecule has 0 aliphatic carbocycles. The number of thiophene rings is 1. The van der Waals surface area contributed by atoms with Gasteiger partial charge in [0.05, 0.1) is 30.2 Å².